The van der Waals surface area contributed by atoms with Gasteiger partial charge in [-0.2, -0.15) is 0 Å². The molecular weight excluding hydrogens is 285 g/mol. The Hall–Kier alpha value is -2.82. The fourth-order valence-electron chi connectivity index (χ4n) is 2.49. The van der Waals surface area contributed by atoms with Crippen molar-refractivity contribution < 1.29 is 18.7 Å². The predicted molar refractivity (Wildman–Crippen MR) is 78.8 cm³/mol. The second-order valence-electron chi connectivity index (χ2n) is 4.84. The van der Waals surface area contributed by atoms with Crippen molar-refractivity contribution in [3.8, 4) is 0 Å². The Balaban J connectivity index is 2.11. The summed E-state index contributed by atoms with van der Waals surface area (Å²) in [5.74, 6) is -2.38. The number of halogens is 1. The molecule has 1 aliphatic carbocycles. The van der Waals surface area contributed by atoms with E-state index in [1.807, 2.05) is 0 Å². The molecule has 4 nitrogen and oxygen atoms in total. The quantitative estimate of drug-likeness (QED) is 0.632. The largest absolute Gasteiger partial charge is 0.468 e. The van der Waals surface area contributed by atoms with E-state index >= 15 is 0 Å². The molecule has 22 heavy (non-hydrogen) atoms. The molecule has 1 aliphatic rings. The van der Waals surface area contributed by atoms with Gasteiger partial charge in [0.15, 0.2) is 5.78 Å². The zero-order valence-corrected chi connectivity index (χ0v) is 11.7. The van der Waals surface area contributed by atoms with Crippen LogP contribution in [0.15, 0.2) is 53.5 Å². The van der Waals surface area contributed by atoms with E-state index in [2.05, 4.69) is 4.99 Å². The van der Waals surface area contributed by atoms with E-state index in [0.717, 1.165) is 0 Å². The van der Waals surface area contributed by atoms with Crippen LogP contribution in [-0.4, -0.2) is 24.6 Å². The SMILES string of the molecule is COC(=O)C1C(=O)C(=Nc2ccc(F)cc2)c2ccccc21. The van der Waals surface area contributed by atoms with Gasteiger partial charge in [-0.05, 0) is 29.8 Å². The van der Waals surface area contributed by atoms with Crippen LogP contribution in [0.2, 0.25) is 0 Å². The zero-order chi connectivity index (χ0) is 15.7. The topological polar surface area (TPSA) is 55.7 Å². The third-order valence-electron chi connectivity index (χ3n) is 3.53. The van der Waals surface area contributed by atoms with Gasteiger partial charge < -0.3 is 4.74 Å². The maximum absolute atomic E-state index is 13.0. The summed E-state index contributed by atoms with van der Waals surface area (Å²) in [5.41, 5.74) is 1.83. The molecule has 110 valence electrons. The fraction of sp³-hybridized carbons (Fsp3) is 0.118. The average molecular weight is 297 g/mol. The Morgan fingerprint density at radius 1 is 1.14 bits per heavy atom. The molecule has 0 saturated carbocycles. The van der Waals surface area contributed by atoms with Crippen molar-refractivity contribution in [2.75, 3.05) is 7.11 Å². The van der Waals surface area contributed by atoms with E-state index in [9.17, 15) is 14.0 Å². The Morgan fingerprint density at radius 3 is 2.50 bits per heavy atom. The first-order valence-corrected chi connectivity index (χ1v) is 6.67. The Morgan fingerprint density at radius 2 is 1.82 bits per heavy atom. The Labute approximate surface area is 126 Å². The maximum Gasteiger partial charge on any atom is 0.321 e. The molecule has 2 aromatic carbocycles. The van der Waals surface area contributed by atoms with Crippen LogP contribution in [0.1, 0.15) is 17.0 Å². The molecular formula is C17H12FNO3. The fourth-order valence-corrected chi connectivity index (χ4v) is 2.49. The van der Waals surface area contributed by atoms with Crippen LogP contribution in [0.25, 0.3) is 0 Å². The molecule has 0 radical (unpaired) electrons. The number of benzene rings is 2. The highest BCUT2D eigenvalue weighted by molar-refractivity contribution is 6.54. The van der Waals surface area contributed by atoms with Gasteiger partial charge in [-0.25, -0.2) is 9.38 Å². The van der Waals surface area contributed by atoms with Crippen LogP contribution < -0.4 is 0 Å². The van der Waals surface area contributed by atoms with E-state index in [4.69, 9.17) is 4.74 Å². The van der Waals surface area contributed by atoms with Gasteiger partial charge in [0.05, 0.1) is 12.8 Å². The summed E-state index contributed by atoms with van der Waals surface area (Å²) in [6.45, 7) is 0. The number of rotatable bonds is 2. The van der Waals surface area contributed by atoms with Crippen LogP contribution in [0.5, 0.6) is 0 Å². The molecule has 0 saturated heterocycles. The van der Waals surface area contributed by atoms with Crippen molar-refractivity contribution >= 4 is 23.2 Å². The minimum absolute atomic E-state index is 0.192. The van der Waals surface area contributed by atoms with Crippen LogP contribution in [0.4, 0.5) is 10.1 Å². The molecule has 2 aromatic rings. The van der Waals surface area contributed by atoms with Crippen LogP contribution >= 0.6 is 0 Å². The predicted octanol–water partition coefficient (Wildman–Crippen LogP) is 2.79. The van der Waals surface area contributed by atoms with Gasteiger partial charge in [0.25, 0.3) is 0 Å². The zero-order valence-electron chi connectivity index (χ0n) is 11.7. The van der Waals surface area contributed by atoms with E-state index in [1.54, 1.807) is 24.3 Å². The lowest BCUT2D eigenvalue weighted by Crippen LogP contribution is -2.22. The number of carbonyl (C=O) groups is 2. The van der Waals surface area contributed by atoms with E-state index < -0.39 is 17.7 Å². The molecule has 0 N–H and O–H groups in total. The number of Topliss-reactive ketones (excluding diaryl/α,β-unsaturated/α-hetero) is 1. The second kappa shape index (κ2) is 5.52. The highest BCUT2D eigenvalue weighted by Gasteiger charge is 2.41. The van der Waals surface area contributed by atoms with Gasteiger partial charge in [-0.15, -0.1) is 0 Å². The third kappa shape index (κ3) is 2.30. The number of methoxy groups -OCH3 is 1. The monoisotopic (exact) mass is 297 g/mol. The molecule has 0 amide bonds. The van der Waals surface area contributed by atoms with Crippen molar-refractivity contribution in [1.29, 1.82) is 0 Å². The molecule has 0 fully saturated rings. The number of hydrogen-bond acceptors (Lipinski definition) is 4. The standard InChI is InChI=1S/C17H12FNO3/c1-22-17(21)14-12-4-2-3-5-13(12)15(16(14)20)19-11-8-6-10(18)7-9-11/h2-9,14H,1H3. The van der Waals surface area contributed by atoms with Gasteiger partial charge in [0, 0.05) is 5.56 Å². The first-order chi connectivity index (χ1) is 10.6. The van der Waals surface area contributed by atoms with Gasteiger partial charge >= 0.3 is 5.97 Å². The molecule has 0 heterocycles. The van der Waals surface area contributed by atoms with Gasteiger partial charge in [-0.1, -0.05) is 24.3 Å². The number of aliphatic imine (C=N–C) groups is 1. The summed E-state index contributed by atoms with van der Waals surface area (Å²) in [7, 11) is 1.24. The summed E-state index contributed by atoms with van der Waals surface area (Å²) in [5, 5.41) is 0. The molecule has 0 spiro atoms. The molecule has 0 aliphatic heterocycles. The van der Waals surface area contributed by atoms with E-state index in [0.29, 0.717) is 16.8 Å². The maximum atomic E-state index is 13.0. The number of fused-ring (bicyclic) bond motifs is 1. The number of esters is 1. The Kier molecular flexibility index (Phi) is 3.55. The molecule has 3 rings (SSSR count). The third-order valence-corrected chi connectivity index (χ3v) is 3.53. The Bertz CT molecular complexity index is 781. The van der Waals surface area contributed by atoms with Crippen LogP contribution in [0, 0.1) is 5.82 Å². The second-order valence-corrected chi connectivity index (χ2v) is 4.84. The number of ether oxygens (including phenoxy) is 1. The summed E-state index contributed by atoms with van der Waals surface area (Å²) >= 11 is 0. The summed E-state index contributed by atoms with van der Waals surface area (Å²) in [6.07, 6.45) is 0. The first-order valence-electron chi connectivity index (χ1n) is 6.67. The average Bonchev–Trinajstić information content (AvgIpc) is 2.81. The first kappa shape index (κ1) is 14.1. The number of hydrogen-bond donors (Lipinski definition) is 0. The van der Waals surface area contributed by atoms with Crippen molar-refractivity contribution in [2.45, 2.75) is 5.92 Å². The number of carbonyl (C=O) groups excluding carboxylic acids is 2. The van der Waals surface area contributed by atoms with Crippen molar-refractivity contribution in [2.24, 2.45) is 4.99 Å². The van der Waals surface area contributed by atoms with Crippen LogP contribution in [0.3, 0.4) is 0 Å². The van der Waals surface area contributed by atoms with Gasteiger partial charge in [0.1, 0.15) is 17.4 Å². The molecule has 0 bridgehead atoms. The number of ketones is 1. The molecule has 0 aromatic heterocycles. The lowest BCUT2D eigenvalue weighted by molar-refractivity contribution is -0.144. The van der Waals surface area contributed by atoms with Gasteiger partial charge in [0.2, 0.25) is 0 Å². The molecule has 5 heteroatoms. The van der Waals surface area contributed by atoms with E-state index in [1.165, 1.54) is 31.4 Å². The lowest BCUT2D eigenvalue weighted by atomic mass is 10.0. The minimum atomic E-state index is -0.986. The summed E-state index contributed by atoms with van der Waals surface area (Å²) in [6, 6.07) is 12.5. The highest BCUT2D eigenvalue weighted by atomic mass is 19.1. The number of nitrogens with zero attached hydrogens (tertiary/aromatic N) is 1. The van der Waals surface area contributed by atoms with E-state index in [-0.39, 0.29) is 11.5 Å². The van der Waals surface area contributed by atoms with Crippen LogP contribution in [-0.2, 0) is 14.3 Å². The van der Waals surface area contributed by atoms with Gasteiger partial charge in [-0.3, -0.25) is 9.59 Å². The van der Waals surface area contributed by atoms with Crippen molar-refractivity contribution in [3.05, 3.63) is 65.5 Å². The summed E-state index contributed by atoms with van der Waals surface area (Å²) in [4.78, 5) is 28.7. The van der Waals surface area contributed by atoms with Crippen molar-refractivity contribution in [3.63, 3.8) is 0 Å². The lowest BCUT2D eigenvalue weighted by Gasteiger charge is -2.05. The van der Waals surface area contributed by atoms with Crippen molar-refractivity contribution in [1.82, 2.24) is 0 Å². The highest BCUT2D eigenvalue weighted by Crippen LogP contribution is 2.33. The summed E-state index contributed by atoms with van der Waals surface area (Å²) < 4.78 is 17.7. The smallest absolute Gasteiger partial charge is 0.321 e. The normalized spacial score (nSPS) is 18.4. The molecule has 1 unspecified atom stereocenters. The minimum Gasteiger partial charge on any atom is -0.468 e. The molecule has 1 atom stereocenters.